The molecule has 0 aromatic heterocycles. The quantitative estimate of drug-likeness (QED) is 0.0690. The van der Waals surface area contributed by atoms with Crippen molar-refractivity contribution in [2.24, 2.45) is 11.8 Å². The fraction of sp³-hybridized carbons (Fsp3) is 0.975. The monoisotopic (exact) mass is 624 g/mol. The summed E-state index contributed by atoms with van der Waals surface area (Å²) < 4.78 is 0. The van der Waals surface area contributed by atoms with Crippen LogP contribution in [0.25, 0.3) is 0 Å². The molecule has 2 N–H and O–H groups in total. The Morgan fingerprint density at radius 1 is 0.523 bits per heavy atom. The second kappa shape index (κ2) is 33.7. The SMILES string of the molecule is CCCCCCCCCCCCCCCCC(CCC)C(=O)N(CCC(CC)CCCCCCCCCCC)CC(O)CO. The number of carbonyl (C=O) groups is 1. The first-order valence-corrected chi connectivity index (χ1v) is 20.1. The van der Waals surface area contributed by atoms with Crippen molar-refractivity contribution >= 4 is 5.91 Å². The van der Waals surface area contributed by atoms with E-state index in [1.165, 1.54) is 148 Å². The molecule has 3 unspecified atom stereocenters. The number of hydrogen-bond acceptors (Lipinski definition) is 3. The van der Waals surface area contributed by atoms with E-state index in [1.54, 1.807) is 0 Å². The zero-order valence-electron chi connectivity index (χ0n) is 30.6. The number of nitrogens with zero attached hydrogens (tertiary/aromatic N) is 1. The lowest BCUT2D eigenvalue weighted by molar-refractivity contribution is -0.138. The van der Waals surface area contributed by atoms with Gasteiger partial charge in [0, 0.05) is 19.0 Å². The van der Waals surface area contributed by atoms with Crippen molar-refractivity contribution < 1.29 is 15.0 Å². The molecule has 0 aliphatic carbocycles. The highest BCUT2D eigenvalue weighted by molar-refractivity contribution is 5.78. The Kier molecular flexibility index (Phi) is 33.3. The summed E-state index contributed by atoms with van der Waals surface area (Å²) in [5, 5.41) is 19.8. The van der Waals surface area contributed by atoms with Crippen LogP contribution in [0.3, 0.4) is 0 Å². The Morgan fingerprint density at radius 3 is 1.32 bits per heavy atom. The van der Waals surface area contributed by atoms with E-state index in [0.717, 1.165) is 38.5 Å². The van der Waals surface area contributed by atoms with Gasteiger partial charge in [-0.1, -0.05) is 195 Å². The van der Waals surface area contributed by atoms with Crippen molar-refractivity contribution in [2.45, 2.75) is 220 Å². The Hall–Kier alpha value is -0.610. The van der Waals surface area contributed by atoms with Crippen molar-refractivity contribution in [3.05, 3.63) is 0 Å². The van der Waals surface area contributed by atoms with Gasteiger partial charge in [0.05, 0.1) is 12.7 Å². The number of hydrogen-bond donors (Lipinski definition) is 2. The molecule has 0 radical (unpaired) electrons. The summed E-state index contributed by atoms with van der Waals surface area (Å²) in [5.74, 6) is 0.907. The Balaban J connectivity index is 4.40. The standard InChI is InChI=1S/C40H81NO3/c1-5-9-11-13-15-17-18-19-20-21-23-25-27-29-32-38(30-7-3)40(44)41(35-39(43)36-42)34-33-37(8-4)31-28-26-24-22-16-14-12-10-6-2/h37-39,42-43H,5-36H2,1-4H3. The minimum absolute atomic E-state index is 0.0561. The lowest BCUT2D eigenvalue weighted by Crippen LogP contribution is -2.43. The van der Waals surface area contributed by atoms with Gasteiger partial charge in [0.25, 0.3) is 0 Å². The maximum atomic E-state index is 13.7. The van der Waals surface area contributed by atoms with Crippen LogP contribution in [0.1, 0.15) is 214 Å². The molecule has 0 saturated heterocycles. The predicted molar refractivity (Wildman–Crippen MR) is 193 cm³/mol. The largest absolute Gasteiger partial charge is 0.394 e. The molecule has 4 nitrogen and oxygen atoms in total. The molecule has 44 heavy (non-hydrogen) atoms. The Labute approximate surface area is 276 Å². The highest BCUT2D eigenvalue weighted by Crippen LogP contribution is 2.23. The fourth-order valence-electron chi connectivity index (χ4n) is 6.82. The smallest absolute Gasteiger partial charge is 0.225 e. The molecular formula is C40H81NO3. The predicted octanol–water partition coefficient (Wildman–Crippen LogP) is 11.8. The number of amides is 1. The van der Waals surface area contributed by atoms with Crippen LogP contribution in [0.5, 0.6) is 0 Å². The number of aliphatic hydroxyl groups is 2. The number of carbonyl (C=O) groups excluding carboxylic acids is 1. The molecule has 0 heterocycles. The summed E-state index contributed by atoms with van der Waals surface area (Å²) in [6.07, 6.45) is 36.6. The summed E-state index contributed by atoms with van der Waals surface area (Å²) in [6, 6.07) is 0. The van der Waals surface area contributed by atoms with Gasteiger partial charge in [-0.05, 0) is 25.2 Å². The molecule has 1 amide bonds. The van der Waals surface area contributed by atoms with E-state index in [1.807, 2.05) is 4.90 Å². The Morgan fingerprint density at radius 2 is 0.932 bits per heavy atom. The molecule has 264 valence electrons. The summed E-state index contributed by atoms with van der Waals surface area (Å²) >= 11 is 0. The lowest BCUT2D eigenvalue weighted by Gasteiger charge is -2.30. The second-order valence-electron chi connectivity index (χ2n) is 14.2. The topological polar surface area (TPSA) is 60.8 Å². The van der Waals surface area contributed by atoms with E-state index in [-0.39, 0.29) is 25.0 Å². The molecule has 0 aliphatic rings. The molecule has 0 rings (SSSR count). The average Bonchev–Trinajstić information content (AvgIpc) is 3.03. The van der Waals surface area contributed by atoms with Gasteiger partial charge >= 0.3 is 0 Å². The van der Waals surface area contributed by atoms with Crippen molar-refractivity contribution in [1.82, 2.24) is 4.90 Å². The molecule has 0 aromatic rings. The lowest BCUT2D eigenvalue weighted by atomic mass is 9.92. The third kappa shape index (κ3) is 26.6. The first kappa shape index (κ1) is 43.4. The Bertz CT molecular complexity index is 583. The van der Waals surface area contributed by atoms with Gasteiger partial charge in [-0.2, -0.15) is 0 Å². The van der Waals surface area contributed by atoms with E-state index in [2.05, 4.69) is 27.7 Å². The van der Waals surface area contributed by atoms with Crippen molar-refractivity contribution in [1.29, 1.82) is 0 Å². The molecule has 4 heteroatoms. The van der Waals surface area contributed by atoms with Crippen LogP contribution < -0.4 is 0 Å². The number of aliphatic hydroxyl groups excluding tert-OH is 2. The molecule has 0 fully saturated rings. The van der Waals surface area contributed by atoms with Crippen LogP contribution in [-0.4, -0.2) is 46.8 Å². The zero-order valence-corrected chi connectivity index (χ0v) is 30.6. The highest BCUT2D eigenvalue weighted by Gasteiger charge is 2.25. The zero-order chi connectivity index (χ0) is 32.5. The second-order valence-corrected chi connectivity index (χ2v) is 14.2. The van der Waals surface area contributed by atoms with Crippen LogP contribution >= 0.6 is 0 Å². The summed E-state index contributed by atoms with van der Waals surface area (Å²) in [6.45, 7) is 9.72. The molecule has 0 bridgehead atoms. The van der Waals surface area contributed by atoms with E-state index < -0.39 is 6.10 Å². The van der Waals surface area contributed by atoms with E-state index in [0.29, 0.717) is 12.5 Å². The first-order chi connectivity index (χ1) is 21.5. The maximum Gasteiger partial charge on any atom is 0.225 e. The van der Waals surface area contributed by atoms with E-state index in [4.69, 9.17) is 0 Å². The van der Waals surface area contributed by atoms with Crippen molar-refractivity contribution in [2.75, 3.05) is 19.7 Å². The molecule has 3 atom stereocenters. The van der Waals surface area contributed by atoms with Crippen LogP contribution in [0.2, 0.25) is 0 Å². The molecule has 0 spiro atoms. The number of unbranched alkanes of at least 4 members (excludes halogenated alkanes) is 21. The maximum absolute atomic E-state index is 13.7. The van der Waals surface area contributed by atoms with Crippen molar-refractivity contribution in [3.8, 4) is 0 Å². The van der Waals surface area contributed by atoms with E-state index >= 15 is 0 Å². The van der Waals surface area contributed by atoms with Crippen LogP contribution in [0.15, 0.2) is 0 Å². The summed E-state index contributed by atoms with van der Waals surface area (Å²) in [5.41, 5.74) is 0. The van der Waals surface area contributed by atoms with Crippen LogP contribution in [0.4, 0.5) is 0 Å². The van der Waals surface area contributed by atoms with Crippen LogP contribution in [0, 0.1) is 11.8 Å². The van der Waals surface area contributed by atoms with Gasteiger partial charge < -0.3 is 15.1 Å². The third-order valence-corrected chi connectivity index (χ3v) is 9.95. The minimum atomic E-state index is -0.848. The third-order valence-electron chi connectivity index (χ3n) is 9.95. The van der Waals surface area contributed by atoms with Gasteiger partial charge in [-0.15, -0.1) is 0 Å². The number of rotatable bonds is 35. The molecular weight excluding hydrogens is 542 g/mol. The molecule has 0 aromatic carbocycles. The van der Waals surface area contributed by atoms with E-state index in [9.17, 15) is 15.0 Å². The average molecular weight is 624 g/mol. The van der Waals surface area contributed by atoms with Gasteiger partial charge in [-0.3, -0.25) is 4.79 Å². The van der Waals surface area contributed by atoms with Gasteiger partial charge in [0.1, 0.15) is 0 Å². The normalized spacial score (nSPS) is 13.7. The van der Waals surface area contributed by atoms with Gasteiger partial charge in [0.2, 0.25) is 5.91 Å². The highest BCUT2D eigenvalue weighted by atomic mass is 16.3. The van der Waals surface area contributed by atoms with Crippen molar-refractivity contribution in [3.63, 3.8) is 0 Å². The van der Waals surface area contributed by atoms with Gasteiger partial charge in [0.15, 0.2) is 0 Å². The summed E-state index contributed by atoms with van der Waals surface area (Å²) in [4.78, 5) is 15.6. The summed E-state index contributed by atoms with van der Waals surface area (Å²) in [7, 11) is 0. The van der Waals surface area contributed by atoms with Gasteiger partial charge in [-0.25, -0.2) is 0 Å². The molecule has 0 aliphatic heterocycles. The minimum Gasteiger partial charge on any atom is -0.394 e. The first-order valence-electron chi connectivity index (χ1n) is 20.1. The van der Waals surface area contributed by atoms with Crippen LogP contribution in [-0.2, 0) is 4.79 Å². The molecule has 0 saturated carbocycles. The fourth-order valence-corrected chi connectivity index (χ4v) is 6.82.